The Kier molecular flexibility index (Phi) is 4.27. The number of β-amino-alcohol motifs (C(OH)–C–C–N with tert-alkyl or cyclic N) is 1. The summed E-state index contributed by atoms with van der Waals surface area (Å²) in [5.41, 5.74) is 1.21. The molecule has 0 bridgehead atoms. The molecule has 3 nitrogen and oxygen atoms in total. The molecule has 0 fully saturated rings. The summed E-state index contributed by atoms with van der Waals surface area (Å²) in [6.45, 7) is 3.46. The fourth-order valence-electron chi connectivity index (χ4n) is 2.79. The average Bonchev–Trinajstić information content (AvgIpc) is 2.39. The zero-order chi connectivity index (χ0) is 15.8. The lowest BCUT2D eigenvalue weighted by molar-refractivity contribution is -0.190. The average molecular weight is 301 g/mol. The van der Waals surface area contributed by atoms with E-state index in [9.17, 15) is 23.1 Å². The number of rotatable bonds is 2. The molecule has 6 heteroatoms. The van der Waals surface area contributed by atoms with Crippen LogP contribution in [0.4, 0.5) is 13.2 Å². The van der Waals surface area contributed by atoms with Gasteiger partial charge in [0.1, 0.15) is 0 Å². The first-order valence-electron chi connectivity index (χ1n) is 6.86. The van der Waals surface area contributed by atoms with E-state index in [-0.39, 0.29) is 12.5 Å². The normalized spacial score (nSPS) is 22.3. The van der Waals surface area contributed by atoms with Gasteiger partial charge in [-0.25, -0.2) is 0 Å². The Hall–Kier alpha value is -1.56. The first kappa shape index (κ1) is 15.8. The molecule has 2 unspecified atom stereocenters. The summed E-state index contributed by atoms with van der Waals surface area (Å²) in [7, 11) is 0. The largest absolute Gasteiger partial charge is 0.471 e. The van der Waals surface area contributed by atoms with Gasteiger partial charge in [0.05, 0.1) is 18.7 Å². The summed E-state index contributed by atoms with van der Waals surface area (Å²) in [5, 5.41) is 10.0. The maximum atomic E-state index is 12.8. The van der Waals surface area contributed by atoms with Gasteiger partial charge in [0, 0.05) is 0 Å². The third kappa shape index (κ3) is 3.20. The van der Waals surface area contributed by atoms with E-state index in [0.29, 0.717) is 17.5 Å². The maximum absolute atomic E-state index is 12.8. The van der Waals surface area contributed by atoms with Crippen molar-refractivity contribution in [3.63, 3.8) is 0 Å². The molecule has 1 heterocycles. The molecule has 0 aromatic heterocycles. The van der Waals surface area contributed by atoms with Crippen LogP contribution in [0.25, 0.3) is 0 Å². The van der Waals surface area contributed by atoms with Gasteiger partial charge in [0.25, 0.3) is 0 Å². The zero-order valence-corrected chi connectivity index (χ0v) is 11.9. The number of carbonyl (C=O) groups is 1. The van der Waals surface area contributed by atoms with Gasteiger partial charge < -0.3 is 10.0 Å². The van der Waals surface area contributed by atoms with Crippen LogP contribution >= 0.6 is 0 Å². The highest BCUT2D eigenvalue weighted by atomic mass is 19.4. The van der Waals surface area contributed by atoms with Gasteiger partial charge in [-0.1, -0.05) is 38.1 Å². The number of benzene rings is 1. The predicted octanol–water partition coefficient (Wildman–Crippen LogP) is 3.21. The van der Waals surface area contributed by atoms with Crippen LogP contribution < -0.4 is 0 Å². The molecule has 1 N–H and O–H groups in total. The van der Waals surface area contributed by atoms with Gasteiger partial charge in [-0.05, 0) is 23.5 Å². The number of aliphatic hydroxyl groups excluding tert-OH is 1. The third-order valence-electron chi connectivity index (χ3n) is 3.66. The Bertz CT molecular complexity index is 528. The number of amides is 1. The second-order valence-corrected chi connectivity index (χ2v) is 5.75. The summed E-state index contributed by atoms with van der Waals surface area (Å²) < 4.78 is 38.3. The standard InChI is InChI=1S/C15H18F3NO2/c1-9(2)7-12-10-5-3-4-6-11(10)13(20)8-19(12)14(21)15(16,17)18/h3-6,9,12-13,20H,7-8H2,1-2H3. The first-order valence-corrected chi connectivity index (χ1v) is 6.86. The van der Waals surface area contributed by atoms with E-state index in [2.05, 4.69) is 0 Å². The van der Waals surface area contributed by atoms with Crippen LogP contribution in [0.15, 0.2) is 24.3 Å². The highest BCUT2D eigenvalue weighted by molar-refractivity contribution is 5.82. The lowest BCUT2D eigenvalue weighted by Gasteiger charge is -2.40. The van der Waals surface area contributed by atoms with Gasteiger partial charge in [-0.3, -0.25) is 4.79 Å². The molecule has 1 aromatic carbocycles. The van der Waals surface area contributed by atoms with E-state index in [0.717, 1.165) is 4.90 Å². The van der Waals surface area contributed by atoms with E-state index in [1.54, 1.807) is 24.3 Å². The van der Waals surface area contributed by atoms with Crippen molar-refractivity contribution in [2.24, 2.45) is 5.92 Å². The van der Waals surface area contributed by atoms with Crippen LogP contribution in [0, 0.1) is 5.92 Å². The number of halogens is 3. The van der Waals surface area contributed by atoms with E-state index >= 15 is 0 Å². The highest BCUT2D eigenvalue weighted by Crippen LogP contribution is 2.40. The molecule has 0 saturated heterocycles. The number of nitrogens with zero attached hydrogens (tertiary/aromatic N) is 1. The van der Waals surface area contributed by atoms with Crippen molar-refractivity contribution in [1.29, 1.82) is 0 Å². The number of aliphatic hydroxyl groups is 1. The van der Waals surface area contributed by atoms with Crippen molar-refractivity contribution in [2.45, 2.75) is 38.6 Å². The Morgan fingerprint density at radius 3 is 2.43 bits per heavy atom. The smallest absolute Gasteiger partial charge is 0.387 e. The minimum atomic E-state index is -4.93. The van der Waals surface area contributed by atoms with Crippen LogP contribution in [-0.4, -0.2) is 28.6 Å². The van der Waals surface area contributed by atoms with E-state index in [4.69, 9.17) is 0 Å². The summed E-state index contributed by atoms with van der Waals surface area (Å²) in [5.74, 6) is -1.76. The summed E-state index contributed by atoms with van der Waals surface area (Å²) in [6.07, 6.45) is -5.59. The van der Waals surface area contributed by atoms with Crippen LogP contribution in [0.2, 0.25) is 0 Å². The third-order valence-corrected chi connectivity index (χ3v) is 3.66. The van der Waals surface area contributed by atoms with Gasteiger partial charge in [0.2, 0.25) is 0 Å². The van der Waals surface area contributed by atoms with Crippen LogP contribution in [0.1, 0.15) is 43.5 Å². The molecule has 116 valence electrons. The first-order chi connectivity index (χ1) is 9.71. The van der Waals surface area contributed by atoms with Crippen molar-refractivity contribution >= 4 is 5.91 Å². The van der Waals surface area contributed by atoms with Crippen molar-refractivity contribution in [1.82, 2.24) is 4.90 Å². The number of hydrogen-bond donors (Lipinski definition) is 1. The quantitative estimate of drug-likeness (QED) is 0.911. The molecule has 1 aliphatic heterocycles. The Morgan fingerprint density at radius 2 is 1.90 bits per heavy atom. The molecule has 0 spiro atoms. The molecule has 1 aliphatic rings. The second-order valence-electron chi connectivity index (χ2n) is 5.75. The van der Waals surface area contributed by atoms with Crippen LogP contribution in [-0.2, 0) is 4.79 Å². The minimum Gasteiger partial charge on any atom is -0.387 e. The van der Waals surface area contributed by atoms with E-state index in [1.807, 2.05) is 13.8 Å². The number of alkyl halides is 3. The SMILES string of the molecule is CC(C)CC1c2ccccc2C(O)CN1C(=O)C(F)(F)F. The summed E-state index contributed by atoms with van der Waals surface area (Å²) in [4.78, 5) is 12.4. The molecule has 0 radical (unpaired) electrons. The second kappa shape index (κ2) is 5.67. The maximum Gasteiger partial charge on any atom is 0.471 e. The van der Waals surface area contributed by atoms with Gasteiger partial charge in [-0.2, -0.15) is 13.2 Å². The van der Waals surface area contributed by atoms with Crippen LogP contribution in [0.3, 0.4) is 0 Å². The van der Waals surface area contributed by atoms with Crippen molar-refractivity contribution in [3.8, 4) is 0 Å². The number of carbonyl (C=O) groups excluding carboxylic acids is 1. The molecule has 2 atom stereocenters. The molecule has 0 saturated carbocycles. The summed E-state index contributed by atoms with van der Waals surface area (Å²) in [6, 6.07) is 6.17. The molecule has 1 aromatic rings. The van der Waals surface area contributed by atoms with Gasteiger partial charge in [-0.15, -0.1) is 0 Å². The lowest BCUT2D eigenvalue weighted by atomic mass is 9.86. The number of fused-ring (bicyclic) bond motifs is 1. The zero-order valence-electron chi connectivity index (χ0n) is 11.9. The molecular formula is C15H18F3NO2. The van der Waals surface area contributed by atoms with E-state index in [1.165, 1.54) is 0 Å². The van der Waals surface area contributed by atoms with Gasteiger partial charge >= 0.3 is 12.1 Å². The molecule has 0 aliphatic carbocycles. The Balaban J connectivity index is 2.44. The monoisotopic (exact) mass is 301 g/mol. The fourth-order valence-corrected chi connectivity index (χ4v) is 2.79. The highest BCUT2D eigenvalue weighted by Gasteiger charge is 2.47. The molecule has 1 amide bonds. The van der Waals surface area contributed by atoms with Gasteiger partial charge in [0.15, 0.2) is 0 Å². The Labute approximate surface area is 121 Å². The fraction of sp³-hybridized carbons (Fsp3) is 0.533. The molecule has 21 heavy (non-hydrogen) atoms. The topological polar surface area (TPSA) is 40.5 Å². The lowest BCUT2D eigenvalue weighted by Crippen LogP contribution is -2.48. The predicted molar refractivity (Wildman–Crippen MR) is 71.4 cm³/mol. The van der Waals surface area contributed by atoms with Crippen molar-refractivity contribution < 1.29 is 23.1 Å². The Morgan fingerprint density at radius 1 is 1.33 bits per heavy atom. The minimum absolute atomic E-state index is 0.127. The summed E-state index contributed by atoms with van der Waals surface area (Å²) >= 11 is 0. The number of hydrogen-bond acceptors (Lipinski definition) is 2. The van der Waals surface area contributed by atoms with Crippen molar-refractivity contribution in [2.75, 3.05) is 6.54 Å². The molecular weight excluding hydrogens is 283 g/mol. The molecule has 2 rings (SSSR count). The van der Waals surface area contributed by atoms with E-state index < -0.39 is 24.2 Å². The van der Waals surface area contributed by atoms with Crippen molar-refractivity contribution in [3.05, 3.63) is 35.4 Å². The van der Waals surface area contributed by atoms with Crippen LogP contribution in [0.5, 0.6) is 0 Å².